The van der Waals surface area contributed by atoms with Gasteiger partial charge in [0, 0.05) is 5.92 Å². The van der Waals surface area contributed by atoms with E-state index < -0.39 is 0 Å². The standard InChI is InChI=1S/C23H26/c1-15-6-8-17-18-9-7-16(2)22-21(18)19(20(17)14-15)10-13-23(22)11-4-3-5-12-23/h6-9,14,19H,3-5,10-13H2,1-2H3. The molecule has 1 fully saturated rings. The SMILES string of the molecule is Cc1ccc2c(c1)C1CCC3(CCCCC3)c3c(C)ccc-2c31. The maximum absolute atomic E-state index is 2.46. The first kappa shape index (κ1) is 13.8. The van der Waals surface area contributed by atoms with Crippen LogP contribution < -0.4 is 0 Å². The molecule has 0 nitrogen and oxygen atoms in total. The highest BCUT2D eigenvalue weighted by Crippen LogP contribution is 2.59. The third kappa shape index (κ3) is 1.78. The minimum Gasteiger partial charge on any atom is -0.0587 e. The Morgan fingerprint density at radius 3 is 2.48 bits per heavy atom. The molecule has 0 N–H and O–H groups in total. The van der Waals surface area contributed by atoms with Crippen LogP contribution in [0.25, 0.3) is 11.1 Å². The zero-order valence-corrected chi connectivity index (χ0v) is 14.4. The molecule has 2 aromatic rings. The second kappa shape index (κ2) is 4.72. The van der Waals surface area contributed by atoms with Crippen molar-refractivity contribution in [1.82, 2.24) is 0 Å². The molecule has 1 spiro atoms. The Hall–Kier alpha value is -1.56. The fraction of sp³-hybridized carbons (Fsp3) is 0.478. The highest BCUT2D eigenvalue weighted by Gasteiger charge is 2.45. The lowest BCUT2D eigenvalue weighted by Crippen LogP contribution is -2.35. The normalized spacial score (nSPS) is 23.7. The van der Waals surface area contributed by atoms with Gasteiger partial charge in [-0.05, 0) is 78.3 Å². The Kier molecular flexibility index (Phi) is 2.84. The lowest BCUT2D eigenvalue weighted by Gasteiger charge is -2.45. The van der Waals surface area contributed by atoms with Crippen LogP contribution in [0.4, 0.5) is 0 Å². The number of hydrogen-bond acceptors (Lipinski definition) is 0. The highest BCUT2D eigenvalue weighted by molar-refractivity contribution is 5.82. The lowest BCUT2D eigenvalue weighted by molar-refractivity contribution is 0.249. The van der Waals surface area contributed by atoms with Gasteiger partial charge in [-0.2, -0.15) is 0 Å². The average molecular weight is 302 g/mol. The monoisotopic (exact) mass is 302 g/mol. The van der Waals surface area contributed by atoms with E-state index in [1.807, 2.05) is 0 Å². The van der Waals surface area contributed by atoms with Gasteiger partial charge in [0.05, 0.1) is 0 Å². The van der Waals surface area contributed by atoms with Crippen LogP contribution in [0.2, 0.25) is 0 Å². The van der Waals surface area contributed by atoms with E-state index in [0.29, 0.717) is 11.3 Å². The van der Waals surface area contributed by atoms with E-state index >= 15 is 0 Å². The lowest BCUT2D eigenvalue weighted by atomic mass is 9.59. The molecular formula is C23H26. The second-order valence-corrected chi connectivity index (χ2v) is 8.24. The van der Waals surface area contributed by atoms with E-state index in [-0.39, 0.29) is 0 Å². The molecule has 118 valence electrons. The summed E-state index contributed by atoms with van der Waals surface area (Å²) in [5.41, 5.74) is 11.6. The molecule has 0 aliphatic heterocycles. The molecule has 2 aromatic carbocycles. The molecule has 3 aliphatic rings. The summed E-state index contributed by atoms with van der Waals surface area (Å²) in [5, 5.41) is 0. The third-order valence-corrected chi connectivity index (χ3v) is 6.93. The Bertz CT molecular complexity index is 790. The molecule has 0 radical (unpaired) electrons. The number of aryl methyl sites for hydroxylation is 2. The van der Waals surface area contributed by atoms with Crippen LogP contribution in [0.15, 0.2) is 30.3 Å². The zero-order chi connectivity index (χ0) is 15.6. The van der Waals surface area contributed by atoms with Crippen LogP contribution in [0, 0.1) is 13.8 Å². The molecule has 1 saturated carbocycles. The Morgan fingerprint density at radius 2 is 1.65 bits per heavy atom. The van der Waals surface area contributed by atoms with Crippen LogP contribution in [0.5, 0.6) is 0 Å². The summed E-state index contributed by atoms with van der Waals surface area (Å²) in [5.74, 6) is 0.669. The number of fused-ring (bicyclic) bond motifs is 4. The van der Waals surface area contributed by atoms with Crippen molar-refractivity contribution in [2.24, 2.45) is 0 Å². The van der Waals surface area contributed by atoms with Crippen molar-refractivity contribution in [3.05, 3.63) is 58.1 Å². The Labute approximate surface area is 139 Å². The average Bonchev–Trinajstić information content (AvgIpc) is 2.87. The molecule has 23 heavy (non-hydrogen) atoms. The van der Waals surface area contributed by atoms with E-state index in [9.17, 15) is 0 Å². The van der Waals surface area contributed by atoms with Gasteiger partial charge in [0.2, 0.25) is 0 Å². The summed E-state index contributed by atoms with van der Waals surface area (Å²) >= 11 is 0. The van der Waals surface area contributed by atoms with E-state index in [0.717, 1.165) is 0 Å². The summed E-state index contributed by atoms with van der Waals surface area (Å²) in [6, 6.07) is 11.9. The van der Waals surface area contributed by atoms with Crippen LogP contribution in [0.1, 0.15) is 78.7 Å². The van der Waals surface area contributed by atoms with Crippen LogP contribution in [-0.2, 0) is 5.41 Å². The summed E-state index contributed by atoms with van der Waals surface area (Å²) in [6.45, 7) is 4.60. The van der Waals surface area contributed by atoms with Crippen LogP contribution in [0.3, 0.4) is 0 Å². The van der Waals surface area contributed by atoms with Crippen molar-refractivity contribution in [2.75, 3.05) is 0 Å². The highest BCUT2D eigenvalue weighted by atomic mass is 14.5. The largest absolute Gasteiger partial charge is 0.0587 e. The fourth-order valence-electron chi connectivity index (χ4n) is 5.97. The summed E-state index contributed by atoms with van der Waals surface area (Å²) < 4.78 is 0. The van der Waals surface area contributed by atoms with Crippen molar-refractivity contribution in [3.63, 3.8) is 0 Å². The fourth-order valence-corrected chi connectivity index (χ4v) is 5.97. The van der Waals surface area contributed by atoms with Gasteiger partial charge in [-0.15, -0.1) is 0 Å². The summed E-state index contributed by atoms with van der Waals surface area (Å²) in [7, 11) is 0. The van der Waals surface area contributed by atoms with E-state index in [4.69, 9.17) is 0 Å². The van der Waals surface area contributed by atoms with Crippen molar-refractivity contribution in [3.8, 4) is 11.1 Å². The molecule has 5 rings (SSSR count). The molecule has 0 heteroatoms. The molecule has 0 saturated heterocycles. The van der Waals surface area contributed by atoms with E-state index in [2.05, 4.69) is 44.2 Å². The van der Waals surface area contributed by atoms with Gasteiger partial charge in [-0.1, -0.05) is 55.2 Å². The molecule has 0 aromatic heterocycles. The molecule has 0 heterocycles. The van der Waals surface area contributed by atoms with Crippen molar-refractivity contribution in [2.45, 2.75) is 70.1 Å². The molecule has 1 atom stereocenters. The van der Waals surface area contributed by atoms with Gasteiger partial charge in [-0.3, -0.25) is 0 Å². The van der Waals surface area contributed by atoms with Crippen molar-refractivity contribution in [1.29, 1.82) is 0 Å². The van der Waals surface area contributed by atoms with E-state index in [1.165, 1.54) is 56.1 Å². The Morgan fingerprint density at radius 1 is 0.870 bits per heavy atom. The van der Waals surface area contributed by atoms with Gasteiger partial charge in [0.1, 0.15) is 0 Å². The number of rotatable bonds is 0. The molecule has 0 amide bonds. The molecule has 1 unspecified atom stereocenters. The van der Waals surface area contributed by atoms with E-state index in [1.54, 1.807) is 27.8 Å². The van der Waals surface area contributed by atoms with Crippen LogP contribution >= 0.6 is 0 Å². The maximum atomic E-state index is 2.46. The zero-order valence-electron chi connectivity index (χ0n) is 14.4. The maximum Gasteiger partial charge on any atom is 0.0105 e. The smallest absolute Gasteiger partial charge is 0.0105 e. The molecular weight excluding hydrogens is 276 g/mol. The summed E-state index contributed by atoms with van der Waals surface area (Å²) in [6.07, 6.45) is 9.92. The van der Waals surface area contributed by atoms with Gasteiger partial charge in [-0.25, -0.2) is 0 Å². The second-order valence-electron chi connectivity index (χ2n) is 8.24. The Balaban J connectivity index is 1.78. The topological polar surface area (TPSA) is 0 Å². The predicted molar refractivity (Wildman–Crippen MR) is 97.2 cm³/mol. The number of hydrogen-bond donors (Lipinski definition) is 0. The predicted octanol–water partition coefficient (Wildman–Crippen LogP) is 6.41. The quantitative estimate of drug-likeness (QED) is 0.527. The van der Waals surface area contributed by atoms with Crippen molar-refractivity contribution < 1.29 is 0 Å². The van der Waals surface area contributed by atoms with Gasteiger partial charge >= 0.3 is 0 Å². The third-order valence-electron chi connectivity index (χ3n) is 6.93. The first-order valence-corrected chi connectivity index (χ1v) is 9.44. The minimum absolute atomic E-state index is 0.501. The number of benzene rings is 2. The van der Waals surface area contributed by atoms with Gasteiger partial charge in [0.15, 0.2) is 0 Å². The van der Waals surface area contributed by atoms with Crippen molar-refractivity contribution >= 4 is 0 Å². The molecule has 0 bridgehead atoms. The minimum atomic E-state index is 0.501. The van der Waals surface area contributed by atoms with Crippen LogP contribution in [-0.4, -0.2) is 0 Å². The summed E-state index contributed by atoms with van der Waals surface area (Å²) in [4.78, 5) is 0. The molecule has 3 aliphatic carbocycles. The first-order valence-electron chi connectivity index (χ1n) is 9.44. The van der Waals surface area contributed by atoms with Gasteiger partial charge < -0.3 is 0 Å². The van der Waals surface area contributed by atoms with Gasteiger partial charge in [0.25, 0.3) is 0 Å². The first-order chi connectivity index (χ1) is 11.2.